The predicted molar refractivity (Wildman–Crippen MR) is 123 cm³/mol. The molecule has 3 N–H and O–H groups in total. The molecule has 1 aliphatic heterocycles. The summed E-state index contributed by atoms with van der Waals surface area (Å²) in [5, 5.41) is 8.14. The third-order valence-electron chi connectivity index (χ3n) is 6.46. The van der Waals surface area contributed by atoms with E-state index in [9.17, 15) is 9.59 Å². The fourth-order valence-corrected chi connectivity index (χ4v) is 4.22. The number of aromatic nitrogens is 1. The van der Waals surface area contributed by atoms with Crippen molar-refractivity contribution in [3.05, 3.63) is 48.0 Å². The van der Waals surface area contributed by atoms with E-state index >= 15 is 0 Å². The van der Waals surface area contributed by atoms with Crippen molar-refractivity contribution in [2.45, 2.75) is 39.2 Å². The lowest BCUT2D eigenvalue weighted by molar-refractivity contribution is -0.124. The second-order valence-electron chi connectivity index (χ2n) is 8.57. The molecule has 1 unspecified atom stereocenters. The highest BCUT2D eigenvalue weighted by Gasteiger charge is 2.27. The van der Waals surface area contributed by atoms with Crippen molar-refractivity contribution in [1.82, 2.24) is 15.6 Å². The fourth-order valence-electron chi connectivity index (χ4n) is 4.22. The number of para-hydroxylation sites is 1. The Morgan fingerprint density at radius 1 is 1.10 bits per heavy atom. The predicted octanol–water partition coefficient (Wildman–Crippen LogP) is 4.01. The van der Waals surface area contributed by atoms with Crippen molar-refractivity contribution in [1.29, 1.82) is 0 Å². The molecule has 164 valence electrons. The van der Waals surface area contributed by atoms with Gasteiger partial charge in [-0.1, -0.05) is 38.5 Å². The molecule has 0 spiro atoms. The summed E-state index contributed by atoms with van der Waals surface area (Å²) in [6.07, 6.45) is 2.73. The van der Waals surface area contributed by atoms with Gasteiger partial charge in [0.1, 0.15) is 6.04 Å². The summed E-state index contributed by atoms with van der Waals surface area (Å²) in [6.45, 7) is 6.17. The van der Waals surface area contributed by atoms with E-state index in [2.05, 4.69) is 15.6 Å². The van der Waals surface area contributed by atoms with Crippen LogP contribution in [0.15, 0.2) is 42.5 Å². The minimum Gasteiger partial charge on any atom is -0.381 e. The molecule has 31 heavy (non-hydrogen) atoms. The molecule has 4 rings (SSSR count). The first-order chi connectivity index (χ1) is 15.1. The first-order valence-corrected chi connectivity index (χ1v) is 11.2. The zero-order valence-electron chi connectivity index (χ0n) is 18.2. The van der Waals surface area contributed by atoms with Gasteiger partial charge >= 0.3 is 0 Å². The molecule has 3 aromatic rings. The highest BCUT2D eigenvalue weighted by atomic mass is 16.5. The van der Waals surface area contributed by atoms with E-state index in [1.807, 2.05) is 50.2 Å². The molecule has 2 amide bonds. The van der Waals surface area contributed by atoms with Crippen LogP contribution in [-0.2, 0) is 9.53 Å². The summed E-state index contributed by atoms with van der Waals surface area (Å²) in [6, 6.07) is 13.1. The van der Waals surface area contributed by atoms with E-state index < -0.39 is 6.04 Å². The monoisotopic (exact) mass is 421 g/mol. The summed E-state index contributed by atoms with van der Waals surface area (Å²) in [5.41, 5.74) is 2.59. The first kappa shape index (κ1) is 21.4. The number of hydrogen-bond acceptors (Lipinski definition) is 3. The fraction of sp³-hybridized carbons (Fsp3) is 0.440. The zero-order valence-corrected chi connectivity index (χ0v) is 18.2. The Bertz CT molecular complexity index is 1070. The van der Waals surface area contributed by atoms with Crippen LogP contribution in [0, 0.1) is 11.8 Å². The maximum absolute atomic E-state index is 13.1. The van der Waals surface area contributed by atoms with Crippen molar-refractivity contribution < 1.29 is 14.3 Å². The number of carbonyl (C=O) groups excluding carboxylic acids is 2. The lowest BCUT2D eigenvalue weighted by atomic mass is 9.96. The highest BCUT2D eigenvalue weighted by Crippen LogP contribution is 2.26. The maximum Gasteiger partial charge on any atom is 0.251 e. The van der Waals surface area contributed by atoms with Gasteiger partial charge in [0.15, 0.2) is 0 Å². The molecule has 0 saturated carbocycles. The average molecular weight is 422 g/mol. The molecule has 2 atom stereocenters. The number of fused-ring (bicyclic) bond motifs is 3. The number of rotatable bonds is 7. The van der Waals surface area contributed by atoms with E-state index in [0.29, 0.717) is 18.0 Å². The van der Waals surface area contributed by atoms with Crippen molar-refractivity contribution >= 4 is 33.6 Å². The van der Waals surface area contributed by atoms with Crippen molar-refractivity contribution in [3.8, 4) is 0 Å². The van der Waals surface area contributed by atoms with Crippen LogP contribution in [-0.4, -0.2) is 42.6 Å². The second kappa shape index (κ2) is 9.52. The van der Waals surface area contributed by atoms with Gasteiger partial charge in [-0.3, -0.25) is 9.59 Å². The van der Waals surface area contributed by atoms with E-state index in [1.54, 1.807) is 6.07 Å². The van der Waals surface area contributed by atoms with Crippen LogP contribution in [0.4, 0.5) is 0 Å². The van der Waals surface area contributed by atoms with Crippen LogP contribution in [0.1, 0.15) is 43.5 Å². The molecule has 1 fully saturated rings. The third-order valence-corrected chi connectivity index (χ3v) is 6.46. The van der Waals surface area contributed by atoms with Crippen LogP contribution in [0.25, 0.3) is 21.8 Å². The number of hydrogen-bond donors (Lipinski definition) is 3. The normalized spacial score (nSPS) is 16.8. The summed E-state index contributed by atoms with van der Waals surface area (Å²) >= 11 is 0. The number of carbonyl (C=O) groups is 2. The van der Waals surface area contributed by atoms with Crippen LogP contribution >= 0.6 is 0 Å². The molecule has 2 heterocycles. The summed E-state index contributed by atoms with van der Waals surface area (Å²) in [4.78, 5) is 29.4. The topological polar surface area (TPSA) is 83.2 Å². The number of aromatic amines is 1. The van der Waals surface area contributed by atoms with Gasteiger partial charge in [-0.25, -0.2) is 0 Å². The largest absolute Gasteiger partial charge is 0.381 e. The number of amides is 2. The van der Waals surface area contributed by atoms with E-state index in [-0.39, 0.29) is 17.7 Å². The van der Waals surface area contributed by atoms with Gasteiger partial charge in [-0.2, -0.15) is 0 Å². The first-order valence-electron chi connectivity index (χ1n) is 11.2. The molecule has 1 saturated heterocycles. The molecule has 2 aromatic carbocycles. The SMILES string of the molecule is CCC(C)[C@H](NC(=O)c1ccc2[nH]c3ccccc3c2c1)C(=O)NCC1CCOCC1. The second-order valence-corrected chi connectivity index (χ2v) is 8.57. The molecule has 6 heteroatoms. The Labute approximate surface area is 182 Å². The Morgan fingerprint density at radius 2 is 1.84 bits per heavy atom. The lowest BCUT2D eigenvalue weighted by Crippen LogP contribution is -2.51. The van der Waals surface area contributed by atoms with Crippen molar-refractivity contribution in [2.24, 2.45) is 11.8 Å². The third kappa shape index (κ3) is 4.74. The van der Waals surface area contributed by atoms with E-state index in [0.717, 1.165) is 54.3 Å². The van der Waals surface area contributed by atoms with Gasteiger partial charge in [0.25, 0.3) is 5.91 Å². The Balaban J connectivity index is 1.49. The molecule has 0 aliphatic carbocycles. The number of nitrogens with one attached hydrogen (secondary N) is 3. The summed E-state index contributed by atoms with van der Waals surface area (Å²) in [7, 11) is 0. The minimum atomic E-state index is -0.559. The Morgan fingerprint density at radius 3 is 2.61 bits per heavy atom. The van der Waals surface area contributed by atoms with Crippen LogP contribution in [0.5, 0.6) is 0 Å². The smallest absolute Gasteiger partial charge is 0.251 e. The zero-order chi connectivity index (χ0) is 21.8. The molecule has 0 radical (unpaired) electrons. The molecule has 6 nitrogen and oxygen atoms in total. The standard InChI is InChI=1S/C25H31N3O3/c1-3-16(2)23(25(30)26-15-17-10-12-31-13-11-17)28-24(29)18-8-9-22-20(14-18)19-6-4-5-7-21(19)27-22/h4-9,14,16-17,23,27H,3,10-13,15H2,1-2H3,(H,26,30)(H,28,29)/t16?,23-/m0/s1. The van der Waals surface area contributed by atoms with Gasteiger partial charge in [0, 0.05) is 47.1 Å². The summed E-state index contributed by atoms with van der Waals surface area (Å²) in [5.74, 6) is 0.145. The van der Waals surface area contributed by atoms with Gasteiger partial charge in [0.05, 0.1) is 0 Å². The van der Waals surface area contributed by atoms with Crippen LogP contribution in [0.3, 0.4) is 0 Å². The molecule has 1 aromatic heterocycles. The molecular weight excluding hydrogens is 390 g/mol. The van der Waals surface area contributed by atoms with Crippen LogP contribution < -0.4 is 10.6 Å². The Hall–Kier alpha value is -2.86. The lowest BCUT2D eigenvalue weighted by Gasteiger charge is -2.26. The van der Waals surface area contributed by atoms with Gasteiger partial charge in [0.2, 0.25) is 5.91 Å². The number of ether oxygens (including phenoxy) is 1. The van der Waals surface area contributed by atoms with Crippen LogP contribution in [0.2, 0.25) is 0 Å². The average Bonchev–Trinajstić information content (AvgIpc) is 3.19. The van der Waals surface area contributed by atoms with E-state index in [1.165, 1.54) is 0 Å². The van der Waals surface area contributed by atoms with Gasteiger partial charge in [-0.15, -0.1) is 0 Å². The minimum absolute atomic E-state index is 0.0375. The molecule has 0 bridgehead atoms. The quantitative estimate of drug-likeness (QED) is 0.539. The van der Waals surface area contributed by atoms with Crippen molar-refractivity contribution in [3.63, 3.8) is 0 Å². The Kier molecular flexibility index (Phi) is 6.56. The van der Waals surface area contributed by atoms with Gasteiger partial charge < -0.3 is 20.4 Å². The summed E-state index contributed by atoms with van der Waals surface area (Å²) < 4.78 is 5.39. The van der Waals surface area contributed by atoms with Gasteiger partial charge in [-0.05, 0) is 48.9 Å². The number of benzene rings is 2. The highest BCUT2D eigenvalue weighted by molar-refractivity contribution is 6.10. The number of H-pyrrole nitrogens is 1. The van der Waals surface area contributed by atoms with E-state index in [4.69, 9.17) is 4.74 Å². The molecular formula is C25H31N3O3. The molecule has 1 aliphatic rings. The maximum atomic E-state index is 13.1. The van der Waals surface area contributed by atoms with Crippen molar-refractivity contribution in [2.75, 3.05) is 19.8 Å².